The minimum atomic E-state index is -2.97. The van der Waals surface area contributed by atoms with Crippen LogP contribution in [0.15, 0.2) is 24.3 Å². The van der Waals surface area contributed by atoms with Gasteiger partial charge in [-0.2, -0.15) is 0 Å². The van der Waals surface area contributed by atoms with E-state index in [-0.39, 0.29) is 22.8 Å². The maximum Gasteiger partial charge on any atom is 0.152 e. The van der Waals surface area contributed by atoms with Gasteiger partial charge in [-0.3, -0.25) is 0 Å². The van der Waals surface area contributed by atoms with Crippen molar-refractivity contribution in [3.63, 3.8) is 0 Å². The molecule has 5 heteroatoms. The third-order valence-corrected chi connectivity index (χ3v) is 5.20. The average molecular weight is 261 g/mol. The molecule has 0 aliphatic carbocycles. The van der Waals surface area contributed by atoms with Crippen molar-refractivity contribution in [1.82, 2.24) is 0 Å². The van der Waals surface area contributed by atoms with Crippen LogP contribution in [0, 0.1) is 0 Å². The van der Waals surface area contributed by atoms with E-state index in [0.717, 1.165) is 11.3 Å². The number of alkyl halides is 1. The number of ether oxygens (including phenoxy) is 1. The molecule has 88 valence electrons. The van der Waals surface area contributed by atoms with Crippen molar-refractivity contribution in [2.45, 2.75) is 11.3 Å². The lowest BCUT2D eigenvalue weighted by Gasteiger charge is -2.12. The Morgan fingerprint density at radius 2 is 1.88 bits per heavy atom. The highest BCUT2D eigenvalue weighted by Gasteiger charge is 2.37. The van der Waals surface area contributed by atoms with E-state index in [4.69, 9.17) is 16.3 Å². The molecular weight excluding hydrogens is 248 g/mol. The third-order valence-electron chi connectivity index (χ3n) is 2.83. The summed E-state index contributed by atoms with van der Waals surface area (Å²) in [5.74, 6) is 0.881. The molecule has 1 saturated heterocycles. The summed E-state index contributed by atoms with van der Waals surface area (Å²) in [6.45, 7) is 0. The number of benzene rings is 1. The van der Waals surface area contributed by atoms with Crippen LogP contribution in [-0.2, 0) is 9.84 Å². The second-order valence-corrected chi connectivity index (χ2v) is 6.69. The Hall–Kier alpha value is -0.740. The van der Waals surface area contributed by atoms with Crippen molar-refractivity contribution >= 4 is 21.4 Å². The summed E-state index contributed by atoms with van der Waals surface area (Å²) >= 11 is 6.06. The largest absolute Gasteiger partial charge is 0.497 e. The van der Waals surface area contributed by atoms with Gasteiger partial charge in [0.2, 0.25) is 0 Å². The molecule has 0 amide bonds. The van der Waals surface area contributed by atoms with Crippen LogP contribution in [0.4, 0.5) is 0 Å². The summed E-state index contributed by atoms with van der Waals surface area (Å²) in [5.41, 5.74) is 0.960. The van der Waals surface area contributed by atoms with Gasteiger partial charge in [-0.05, 0) is 17.7 Å². The molecule has 1 aliphatic heterocycles. The second-order valence-electron chi connectivity index (χ2n) is 3.97. The van der Waals surface area contributed by atoms with E-state index < -0.39 is 9.84 Å². The minimum Gasteiger partial charge on any atom is -0.497 e. The molecule has 2 rings (SSSR count). The molecule has 1 aromatic rings. The van der Waals surface area contributed by atoms with E-state index in [1.54, 1.807) is 7.11 Å². The fraction of sp³-hybridized carbons (Fsp3) is 0.455. The van der Waals surface area contributed by atoms with Crippen LogP contribution in [0.3, 0.4) is 0 Å². The standard InChI is InChI=1S/C11H13ClO3S/c1-15-9-4-2-8(3-5-9)10-6-16(13,14)7-11(10)12/h2-5,10-11H,6-7H2,1H3/t10-,11-/m1/s1. The van der Waals surface area contributed by atoms with Crippen molar-refractivity contribution in [2.75, 3.05) is 18.6 Å². The number of methoxy groups -OCH3 is 1. The van der Waals surface area contributed by atoms with Crippen LogP contribution in [-0.4, -0.2) is 32.4 Å². The molecule has 0 bridgehead atoms. The van der Waals surface area contributed by atoms with E-state index in [2.05, 4.69) is 0 Å². The smallest absolute Gasteiger partial charge is 0.152 e. The molecule has 16 heavy (non-hydrogen) atoms. The van der Waals surface area contributed by atoms with Crippen molar-refractivity contribution in [3.05, 3.63) is 29.8 Å². The summed E-state index contributed by atoms with van der Waals surface area (Å²) in [4.78, 5) is 0. The molecule has 0 aromatic heterocycles. The number of hydrogen-bond acceptors (Lipinski definition) is 3. The number of halogens is 1. The zero-order valence-electron chi connectivity index (χ0n) is 8.89. The molecular formula is C11H13ClO3S. The van der Waals surface area contributed by atoms with Gasteiger partial charge in [0.1, 0.15) is 5.75 Å². The molecule has 0 saturated carbocycles. The number of hydrogen-bond donors (Lipinski definition) is 0. The van der Waals surface area contributed by atoms with Crippen LogP contribution >= 0.6 is 11.6 Å². The van der Waals surface area contributed by atoms with Crippen molar-refractivity contribution in [3.8, 4) is 5.75 Å². The van der Waals surface area contributed by atoms with Crippen LogP contribution in [0.1, 0.15) is 11.5 Å². The van der Waals surface area contributed by atoms with Gasteiger partial charge < -0.3 is 4.74 Å². The quantitative estimate of drug-likeness (QED) is 0.762. The van der Waals surface area contributed by atoms with Gasteiger partial charge in [-0.25, -0.2) is 8.42 Å². The molecule has 1 fully saturated rings. The Bertz CT molecular complexity index is 467. The number of rotatable bonds is 2. The fourth-order valence-corrected chi connectivity index (χ4v) is 4.70. The number of sulfone groups is 1. The zero-order valence-corrected chi connectivity index (χ0v) is 10.5. The Labute approximate surface area is 100 Å². The molecule has 0 unspecified atom stereocenters. The van der Waals surface area contributed by atoms with Gasteiger partial charge in [0, 0.05) is 5.92 Å². The predicted molar refractivity (Wildman–Crippen MR) is 64.0 cm³/mol. The molecule has 0 radical (unpaired) electrons. The van der Waals surface area contributed by atoms with Crippen LogP contribution in [0.2, 0.25) is 0 Å². The van der Waals surface area contributed by atoms with E-state index in [1.165, 1.54) is 0 Å². The lowest BCUT2D eigenvalue weighted by molar-refractivity contribution is 0.414. The van der Waals surface area contributed by atoms with E-state index in [1.807, 2.05) is 24.3 Å². The third kappa shape index (κ3) is 2.33. The Morgan fingerprint density at radius 1 is 1.25 bits per heavy atom. The molecule has 1 aromatic carbocycles. The highest BCUT2D eigenvalue weighted by molar-refractivity contribution is 7.91. The maximum absolute atomic E-state index is 11.4. The summed E-state index contributed by atoms with van der Waals surface area (Å²) in [7, 11) is -1.38. The molecule has 3 nitrogen and oxygen atoms in total. The molecule has 2 atom stereocenters. The van der Waals surface area contributed by atoms with Crippen LogP contribution < -0.4 is 4.74 Å². The summed E-state index contributed by atoms with van der Waals surface area (Å²) in [6.07, 6.45) is 0. The second kappa shape index (κ2) is 4.26. The lowest BCUT2D eigenvalue weighted by atomic mass is 9.98. The fourth-order valence-electron chi connectivity index (χ4n) is 1.96. The molecule has 1 aliphatic rings. The normalized spacial score (nSPS) is 27.9. The van der Waals surface area contributed by atoms with E-state index >= 15 is 0 Å². The topological polar surface area (TPSA) is 43.4 Å². The summed E-state index contributed by atoms with van der Waals surface area (Å²) in [6, 6.07) is 7.40. The first-order valence-electron chi connectivity index (χ1n) is 5.00. The lowest BCUT2D eigenvalue weighted by Crippen LogP contribution is -2.09. The van der Waals surface area contributed by atoms with Gasteiger partial charge in [-0.15, -0.1) is 11.6 Å². The van der Waals surface area contributed by atoms with E-state index in [9.17, 15) is 8.42 Å². The first-order valence-corrected chi connectivity index (χ1v) is 7.26. The first-order chi connectivity index (χ1) is 7.52. The Morgan fingerprint density at radius 3 is 2.31 bits per heavy atom. The first kappa shape index (κ1) is 11.7. The highest BCUT2D eigenvalue weighted by atomic mass is 35.5. The monoisotopic (exact) mass is 260 g/mol. The SMILES string of the molecule is COc1ccc([C@H]2CS(=O)(=O)C[C@H]2Cl)cc1. The summed E-state index contributed by atoms with van der Waals surface area (Å²) < 4.78 is 27.9. The van der Waals surface area contributed by atoms with Crippen LogP contribution in [0.25, 0.3) is 0 Å². The Balaban J connectivity index is 2.24. The van der Waals surface area contributed by atoms with E-state index in [0.29, 0.717) is 0 Å². The Kier molecular flexibility index (Phi) is 3.13. The predicted octanol–water partition coefficient (Wildman–Crippen LogP) is 1.81. The molecule has 1 heterocycles. The van der Waals surface area contributed by atoms with Crippen molar-refractivity contribution < 1.29 is 13.2 Å². The summed E-state index contributed by atoms with van der Waals surface area (Å²) in [5, 5.41) is -0.321. The van der Waals surface area contributed by atoms with Gasteiger partial charge in [0.05, 0.1) is 24.0 Å². The van der Waals surface area contributed by atoms with Gasteiger partial charge in [0.15, 0.2) is 9.84 Å². The van der Waals surface area contributed by atoms with Gasteiger partial charge >= 0.3 is 0 Å². The molecule has 0 spiro atoms. The van der Waals surface area contributed by atoms with Crippen LogP contribution in [0.5, 0.6) is 5.75 Å². The van der Waals surface area contributed by atoms with Gasteiger partial charge in [0.25, 0.3) is 0 Å². The van der Waals surface area contributed by atoms with Crippen molar-refractivity contribution in [1.29, 1.82) is 0 Å². The highest BCUT2D eigenvalue weighted by Crippen LogP contribution is 2.33. The molecule has 0 N–H and O–H groups in total. The minimum absolute atomic E-state index is 0.0747. The maximum atomic E-state index is 11.4. The average Bonchev–Trinajstić information content (AvgIpc) is 2.52. The zero-order chi connectivity index (χ0) is 11.8. The van der Waals surface area contributed by atoms with Gasteiger partial charge in [-0.1, -0.05) is 12.1 Å². The van der Waals surface area contributed by atoms with Crippen molar-refractivity contribution in [2.24, 2.45) is 0 Å².